The Labute approximate surface area is 263 Å². The molecule has 0 unspecified atom stereocenters. The fraction of sp³-hybridized carbons (Fsp3) is 0.0233. The third kappa shape index (κ3) is 4.22. The second-order valence-electron chi connectivity index (χ2n) is 11.4. The highest BCUT2D eigenvalue weighted by atomic mass is 35.5. The Morgan fingerprint density at radius 1 is 0.341 bits per heavy atom. The molecule has 0 saturated carbocycles. The van der Waals surface area contributed by atoms with Gasteiger partial charge in [0.2, 0.25) is 0 Å². The predicted molar refractivity (Wildman–Crippen MR) is 185 cm³/mol. The summed E-state index contributed by atoms with van der Waals surface area (Å²) in [6.07, 6.45) is 0. The first kappa shape index (κ1) is 26.5. The summed E-state index contributed by atoms with van der Waals surface area (Å²) in [6, 6.07) is 63.3. The number of benzene rings is 7. The van der Waals surface area contributed by atoms with E-state index >= 15 is 0 Å². The molecule has 8 rings (SSSR count). The fourth-order valence-electron chi connectivity index (χ4n) is 7.08. The van der Waals surface area contributed by atoms with Gasteiger partial charge in [0.15, 0.2) is 0 Å². The zero-order chi connectivity index (χ0) is 29.5. The molecule has 0 spiro atoms. The van der Waals surface area contributed by atoms with E-state index in [1.807, 2.05) is 6.07 Å². The minimum atomic E-state index is -0.551. The molecule has 0 aliphatic heterocycles. The van der Waals surface area contributed by atoms with Crippen LogP contribution < -0.4 is 0 Å². The van der Waals surface area contributed by atoms with E-state index in [-0.39, 0.29) is 0 Å². The van der Waals surface area contributed by atoms with Gasteiger partial charge in [0.25, 0.3) is 0 Å². The molecule has 44 heavy (non-hydrogen) atoms. The second kappa shape index (κ2) is 10.8. The van der Waals surface area contributed by atoms with E-state index in [0.29, 0.717) is 0 Å². The summed E-state index contributed by atoms with van der Waals surface area (Å²) in [6.45, 7) is 0. The second-order valence-corrected chi connectivity index (χ2v) is 11.9. The van der Waals surface area contributed by atoms with Crippen LogP contribution in [0.2, 0.25) is 5.02 Å². The summed E-state index contributed by atoms with van der Waals surface area (Å²) in [7, 11) is 0. The lowest BCUT2D eigenvalue weighted by Crippen LogP contribution is -2.28. The van der Waals surface area contributed by atoms with E-state index in [4.69, 9.17) is 11.6 Å². The SMILES string of the molecule is Clc1ccc2c(c1)C(c1ccc(-c3ccccc3)cc1)(c1ccc(-c3ccccc3)cc1)c1cccc(-c3ccccc3)c1-2. The molecule has 1 aliphatic carbocycles. The molecular weight excluding hydrogens is 552 g/mol. The maximum absolute atomic E-state index is 6.84. The van der Waals surface area contributed by atoms with E-state index in [1.165, 1.54) is 66.8 Å². The fourth-order valence-corrected chi connectivity index (χ4v) is 7.25. The standard InChI is InChI=1S/C43H29Cl/c44-37-27-28-39-41(29-37)43(35-23-19-32(20-24-35)30-11-4-1-5-12-30,36-25-21-33(22-26-36)31-13-6-2-7-14-31)40-18-10-17-38(42(39)40)34-15-8-3-9-16-34/h1-29H. The van der Waals surface area contributed by atoms with E-state index in [1.54, 1.807) is 0 Å². The maximum Gasteiger partial charge on any atom is 0.0714 e. The van der Waals surface area contributed by atoms with Crippen molar-refractivity contribution >= 4 is 11.6 Å². The minimum absolute atomic E-state index is 0.551. The van der Waals surface area contributed by atoms with Gasteiger partial charge in [-0.2, -0.15) is 0 Å². The average molecular weight is 581 g/mol. The molecule has 0 saturated heterocycles. The molecular formula is C43H29Cl. The maximum atomic E-state index is 6.84. The molecule has 0 aromatic heterocycles. The Bertz CT molecular complexity index is 1990. The van der Waals surface area contributed by atoms with Gasteiger partial charge in [-0.05, 0) is 78.9 Å². The molecule has 0 atom stereocenters. The van der Waals surface area contributed by atoms with Crippen molar-refractivity contribution in [2.75, 3.05) is 0 Å². The van der Waals surface area contributed by atoms with E-state index in [0.717, 1.165) is 5.02 Å². The van der Waals surface area contributed by atoms with Crippen LogP contribution >= 0.6 is 11.6 Å². The van der Waals surface area contributed by atoms with Crippen LogP contribution in [-0.4, -0.2) is 0 Å². The Hall–Kier alpha value is -5.17. The van der Waals surface area contributed by atoms with Crippen LogP contribution in [0.15, 0.2) is 176 Å². The monoisotopic (exact) mass is 580 g/mol. The van der Waals surface area contributed by atoms with Crippen molar-refractivity contribution in [3.8, 4) is 44.5 Å². The van der Waals surface area contributed by atoms with Crippen LogP contribution in [0.25, 0.3) is 44.5 Å². The van der Waals surface area contributed by atoms with Crippen LogP contribution in [0, 0.1) is 0 Å². The smallest absolute Gasteiger partial charge is 0.0714 e. The first-order chi connectivity index (χ1) is 21.7. The number of rotatable bonds is 5. The largest absolute Gasteiger partial charge is 0.0843 e. The highest BCUT2D eigenvalue weighted by molar-refractivity contribution is 6.30. The van der Waals surface area contributed by atoms with Crippen molar-refractivity contribution in [3.63, 3.8) is 0 Å². The molecule has 7 aromatic rings. The molecule has 1 aliphatic rings. The molecule has 0 bridgehead atoms. The molecule has 7 aromatic carbocycles. The third-order valence-electron chi connectivity index (χ3n) is 9.06. The predicted octanol–water partition coefficient (Wildman–Crippen LogP) is 11.7. The zero-order valence-electron chi connectivity index (χ0n) is 24.1. The van der Waals surface area contributed by atoms with Crippen molar-refractivity contribution in [1.29, 1.82) is 0 Å². The molecule has 0 amide bonds. The van der Waals surface area contributed by atoms with Gasteiger partial charge in [-0.25, -0.2) is 0 Å². The number of halogens is 1. The number of hydrogen-bond acceptors (Lipinski definition) is 0. The molecule has 0 radical (unpaired) electrons. The highest BCUT2D eigenvalue weighted by Gasteiger charge is 2.47. The summed E-state index contributed by atoms with van der Waals surface area (Å²) in [5.74, 6) is 0. The quantitative estimate of drug-likeness (QED) is 0.190. The van der Waals surface area contributed by atoms with Crippen LogP contribution in [-0.2, 0) is 5.41 Å². The minimum Gasteiger partial charge on any atom is -0.0843 e. The van der Waals surface area contributed by atoms with Crippen molar-refractivity contribution < 1.29 is 0 Å². The van der Waals surface area contributed by atoms with Gasteiger partial charge < -0.3 is 0 Å². The van der Waals surface area contributed by atoms with Gasteiger partial charge in [0.05, 0.1) is 5.41 Å². The summed E-state index contributed by atoms with van der Waals surface area (Å²) >= 11 is 6.84. The summed E-state index contributed by atoms with van der Waals surface area (Å²) in [5.41, 5.74) is 14.1. The van der Waals surface area contributed by atoms with Gasteiger partial charge in [0.1, 0.15) is 0 Å². The Morgan fingerprint density at radius 2 is 0.818 bits per heavy atom. The van der Waals surface area contributed by atoms with E-state index in [2.05, 4.69) is 170 Å². The van der Waals surface area contributed by atoms with Crippen molar-refractivity contribution in [2.24, 2.45) is 0 Å². The lowest BCUT2D eigenvalue weighted by atomic mass is 9.67. The van der Waals surface area contributed by atoms with E-state index in [9.17, 15) is 0 Å². The Kier molecular flexibility index (Phi) is 6.51. The molecule has 208 valence electrons. The van der Waals surface area contributed by atoms with Crippen molar-refractivity contribution in [2.45, 2.75) is 5.41 Å². The topological polar surface area (TPSA) is 0 Å². The van der Waals surface area contributed by atoms with Crippen molar-refractivity contribution in [3.05, 3.63) is 203 Å². The third-order valence-corrected chi connectivity index (χ3v) is 9.29. The van der Waals surface area contributed by atoms with Crippen LogP contribution in [0.4, 0.5) is 0 Å². The lowest BCUT2D eigenvalue weighted by Gasteiger charge is -2.34. The molecule has 0 fully saturated rings. The molecule has 0 N–H and O–H groups in total. The molecule has 0 nitrogen and oxygen atoms in total. The van der Waals surface area contributed by atoms with Gasteiger partial charge in [-0.3, -0.25) is 0 Å². The summed E-state index contributed by atoms with van der Waals surface area (Å²) in [5, 5.41) is 0.740. The molecule has 1 heteroatoms. The van der Waals surface area contributed by atoms with Gasteiger partial charge in [0, 0.05) is 5.02 Å². The van der Waals surface area contributed by atoms with Gasteiger partial charge in [-0.1, -0.05) is 175 Å². The van der Waals surface area contributed by atoms with Crippen LogP contribution in [0.1, 0.15) is 22.3 Å². The lowest BCUT2D eigenvalue weighted by molar-refractivity contribution is 0.769. The normalized spacial score (nSPS) is 12.8. The van der Waals surface area contributed by atoms with E-state index < -0.39 is 5.41 Å². The molecule has 0 heterocycles. The van der Waals surface area contributed by atoms with Crippen LogP contribution in [0.3, 0.4) is 0 Å². The van der Waals surface area contributed by atoms with Crippen LogP contribution in [0.5, 0.6) is 0 Å². The highest BCUT2D eigenvalue weighted by Crippen LogP contribution is 2.58. The summed E-state index contributed by atoms with van der Waals surface area (Å²) < 4.78 is 0. The summed E-state index contributed by atoms with van der Waals surface area (Å²) in [4.78, 5) is 0. The van der Waals surface area contributed by atoms with Gasteiger partial charge in [-0.15, -0.1) is 0 Å². The van der Waals surface area contributed by atoms with Gasteiger partial charge >= 0.3 is 0 Å². The van der Waals surface area contributed by atoms with Crippen molar-refractivity contribution in [1.82, 2.24) is 0 Å². The number of hydrogen-bond donors (Lipinski definition) is 0. The zero-order valence-corrected chi connectivity index (χ0v) is 24.9. The Morgan fingerprint density at radius 3 is 1.34 bits per heavy atom. The number of fused-ring (bicyclic) bond motifs is 3. The first-order valence-corrected chi connectivity index (χ1v) is 15.4. The first-order valence-electron chi connectivity index (χ1n) is 15.0. The average Bonchev–Trinajstić information content (AvgIpc) is 3.40. The Balaban J connectivity index is 1.42.